The quantitative estimate of drug-likeness (QED) is 0.413. The maximum absolute atomic E-state index is 2.28. The maximum Gasteiger partial charge on any atom is 0.173 e. The Balaban J connectivity index is 1.66. The molecule has 0 aliphatic heterocycles. The predicted molar refractivity (Wildman–Crippen MR) is 93.9 cm³/mol. The Hall–Kier alpha value is -1.63. The number of rotatable bonds is 10. The minimum atomic E-state index is 0.957. The lowest BCUT2D eigenvalue weighted by atomic mass is 10.1. The van der Waals surface area contributed by atoms with Gasteiger partial charge < -0.3 is 0 Å². The largest absolute Gasteiger partial charge is 0.201 e. The number of aromatic nitrogens is 1. The summed E-state index contributed by atoms with van der Waals surface area (Å²) in [6.07, 6.45) is 15.3. The van der Waals surface area contributed by atoms with Gasteiger partial charge in [-0.05, 0) is 18.4 Å². The van der Waals surface area contributed by atoms with Crippen molar-refractivity contribution in [3.8, 4) is 0 Å². The first-order chi connectivity index (χ1) is 10.9. The topological polar surface area (TPSA) is 3.88 Å². The molecule has 0 atom stereocenters. The van der Waals surface area contributed by atoms with Crippen LogP contribution in [0.2, 0.25) is 0 Å². The molecule has 0 spiro atoms. The van der Waals surface area contributed by atoms with Crippen molar-refractivity contribution in [1.29, 1.82) is 0 Å². The maximum atomic E-state index is 2.28. The van der Waals surface area contributed by atoms with Gasteiger partial charge in [0, 0.05) is 17.7 Å². The van der Waals surface area contributed by atoms with Gasteiger partial charge in [0.1, 0.15) is 0 Å². The Kier molecular flexibility index (Phi) is 7.73. The van der Waals surface area contributed by atoms with E-state index < -0.39 is 0 Å². The summed E-state index contributed by atoms with van der Waals surface area (Å²) < 4.78 is 2.25. The Morgan fingerprint density at radius 1 is 0.682 bits per heavy atom. The first kappa shape index (κ1) is 16.7. The number of aryl methyl sites for hydroxylation is 1. The van der Waals surface area contributed by atoms with E-state index in [1.807, 2.05) is 0 Å². The van der Waals surface area contributed by atoms with Gasteiger partial charge in [0.2, 0.25) is 0 Å². The van der Waals surface area contributed by atoms with Crippen LogP contribution in [0.5, 0.6) is 0 Å². The van der Waals surface area contributed by atoms with Crippen molar-refractivity contribution in [2.75, 3.05) is 0 Å². The molecule has 1 nitrogen and oxygen atoms in total. The number of hydrogen-bond acceptors (Lipinski definition) is 0. The van der Waals surface area contributed by atoms with Gasteiger partial charge in [-0.25, -0.2) is 4.57 Å². The number of unbranched alkanes of at least 4 members (excludes halogenated alkanes) is 6. The van der Waals surface area contributed by atoms with Crippen LogP contribution in [0, 0.1) is 0 Å². The van der Waals surface area contributed by atoms with Gasteiger partial charge in [0.05, 0.1) is 0 Å². The van der Waals surface area contributed by atoms with Crippen molar-refractivity contribution in [3.05, 3.63) is 66.0 Å². The zero-order valence-electron chi connectivity index (χ0n) is 14.0. The van der Waals surface area contributed by atoms with Crippen molar-refractivity contribution in [1.82, 2.24) is 0 Å². The van der Waals surface area contributed by atoms with E-state index >= 15 is 0 Å². The van der Waals surface area contributed by atoms with Crippen LogP contribution in [0.25, 0.3) is 0 Å². The predicted octanol–water partition coefficient (Wildman–Crippen LogP) is 5.32. The average molecular weight is 296 g/mol. The molecule has 22 heavy (non-hydrogen) atoms. The molecule has 0 saturated heterocycles. The Bertz CT molecular complexity index is 501. The molecule has 1 heteroatoms. The highest BCUT2D eigenvalue weighted by atomic mass is 14.9. The first-order valence-corrected chi connectivity index (χ1v) is 8.90. The lowest BCUT2D eigenvalue weighted by Gasteiger charge is -2.02. The van der Waals surface area contributed by atoms with Crippen LogP contribution in [0.1, 0.15) is 63.0 Å². The van der Waals surface area contributed by atoms with Crippen molar-refractivity contribution in [3.63, 3.8) is 0 Å². The summed E-state index contributed by atoms with van der Waals surface area (Å²) in [4.78, 5) is 0. The second-order valence-electron chi connectivity index (χ2n) is 6.24. The Morgan fingerprint density at radius 3 is 2.00 bits per heavy atom. The van der Waals surface area contributed by atoms with Crippen molar-refractivity contribution in [2.24, 2.45) is 0 Å². The van der Waals surface area contributed by atoms with E-state index in [2.05, 4.69) is 66.3 Å². The van der Waals surface area contributed by atoms with E-state index in [1.165, 1.54) is 62.5 Å². The summed E-state index contributed by atoms with van der Waals surface area (Å²) >= 11 is 0. The third kappa shape index (κ3) is 6.43. The van der Waals surface area contributed by atoms with Crippen LogP contribution < -0.4 is 4.57 Å². The summed E-state index contributed by atoms with van der Waals surface area (Å²) in [7, 11) is 0. The van der Waals surface area contributed by atoms with Crippen LogP contribution in [0.4, 0.5) is 0 Å². The lowest BCUT2D eigenvalue weighted by Crippen LogP contribution is -2.33. The van der Waals surface area contributed by atoms with E-state index in [1.54, 1.807) is 0 Å². The Labute approximate surface area is 136 Å². The molecule has 118 valence electrons. The van der Waals surface area contributed by atoms with Gasteiger partial charge in [-0.2, -0.15) is 0 Å². The summed E-state index contributed by atoms with van der Waals surface area (Å²) in [5.74, 6) is 0. The molecule has 1 aromatic carbocycles. The molecule has 0 N–H and O–H groups in total. The van der Waals surface area contributed by atoms with E-state index in [0.717, 1.165) is 6.54 Å². The second kappa shape index (κ2) is 10.2. The van der Waals surface area contributed by atoms with Crippen LogP contribution in [-0.4, -0.2) is 0 Å². The van der Waals surface area contributed by atoms with Crippen LogP contribution >= 0.6 is 0 Å². The first-order valence-electron chi connectivity index (χ1n) is 8.90. The molecule has 0 fully saturated rings. The zero-order valence-corrected chi connectivity index (χ0v) is 14.0. The fourth-order valence-corrected chi connectivity index (χ4v) is 2.84. The van der Waals surface area contributed by atoms with Crippen LogP contribution in [0.3, 0.4) is 0 Å². The molecule has 2 rings (SSSR count). The average Bonchev–Trinajstić information content (AvgIpc) is 2.56. The highest BCUT2D eigenvalue weighted by Crippen LogP contribution is 2.10. The fourth-order valence-electron chi connectivity index (χ4n) is 2.84. The smallest absolute Gasteiger partial charge is 0.173 e. The lowest BCUT2D eigenvalue weighted by molar-refractivity contribution is -0.688. The van der Waals surface area contributed by atoms with Gasteiger partial charge >= 0.3 is 0 Å². The van der Waals surface area contributed by atoms with Crippen molar-refractivity contribution >= 4 is 0 Å². The summed E-state index contributed by atoms with van der Waals surface area (Å²) in [6, 6.07) is 15.2. The van der Waals surface area contributed by atoms with E-state index in [0.29, 0.717) is 0 Å². The third-order valence-corrected chi connectivity index (χ3v) is 4.24. The summed E-state index contributed by atoms with van der Waals surface area (Å²) in [5, 5.41) is 0. The van der Waals surface area contributed by atoms with Gasteiger partial charge in [0.15, 0.2) is 18.9 Å². The molecule has 0 saturated carbocycles. The van der Waals surface area contributed by atoms with Crippen molar-refractivity contribution in [2.45, 2.75) is 64.8 Å². The molecular formula is C21H30N+. The summed E-state index contributed by atoms with van der Waals surface area (Å²) in [6.45, 7) is 3.23. The number of nitrogens with zero attached hydrogens (tertiary/aromatic N) is 1. The van der Waals surface area contributed by atoms with Gasteiger partial charge in [-0.15, -0.1) is 0 Å². The minimum absolute atomic E-state index is 0.957. The highest BCUT2D eigenvalue weighted by Gasteiger charge is 2.02. The molecule has 0 unspecified atom stereocenters. The molecule has 0 amide bonds. The fraction of sp³-hybridized carbons (Fsp3) is 0.476. The molecule has 0 bridgehead atoms. The van der Waals surface area contributed by atoms with Crippen molar-refractivity contribution < 1.29 is 4.57 Å². The molecule has 0 aliphatic carbocycles. The number of benzene rings is 1. The van der Waals surface area contributed by atoms with Gasteiger partial charge in [0.25, 0.3) is 0 Å². The standard InChI is InChI=1S/C21H30N/c1-2-3-4-5-6-7-9-12-20-15-17-22(18-16-20)19-21-13-10-8-11-14-21/h8,10-11,13-18H,2-7,9,12,19H2,1H3/q+1. The number of hydrogen-bond donors (Lipinski definition) is 0. The highest BCUT2D eigenvalue weighted by molar-refractivity contribution is 5.13. The molecule has 1 heterocycles. The second-order valence-corrected chi connectivity index (χ2v) is 6.24. The van der Waals surface area contributed by atoms with Crippen LogP contribution in [0.15, 0.2) is 54.9 Å². The molecular weight excluding hydrogens is 266 g/mol. The monoisotopic (exact) mass is 296 g/mol. The Morgan fingerprint density at radius 2 is 1.32 bits per heavy atom. The molecule has 0 aliphatic rings. The third-order valence-electron chi connectivity index (χ3n) is 4.24. The van der Waals surface area contributed by atoms with Gasteiger partial charge in [-0.3, -0.25) is 0 Å². The molecule has 1 aromatic heterocycles. The SMILES string of the molecule is CCCCCCCCCc1cc[n+](Cc2ccccc2)cc1. The zero-order chi connectivity index (χ0) is 15.5. The van der Waals surface area contributed by atoms with E-state index in [4.69, 9.17) is 0 Å². The van der Waals surface area contributed by atoms with Gasteiger partial charge in [-0.1, -0.05) is 75.8 Å². The van der Waals surface area contributed by atoms with Crippen LogP contribution in [-0.2, 0) is 13.0 Å². The van der Waals surface area contributed by atoms with E-state index in [9.17, 15) is 0 Å². The normalized spacial score (nSPS) is 10.8. The summed E-state index contributed by atoms with van der Waals surface area (Å²) in [5.41, 5.74) is 2.82. The van der Waals surface area contributed by atoms with E-state index in [-0.39, 0.29) is 0 Å². The number of pyridine rings is 1. The molecule has 2 aromatic rings. The minimum Gasteiger partial charge on any atom is -0.201 e. The molecule has 0 radical (unpaired) electrons.